The van der Waals surface area contributed by atoms with Crippen LogP contribution < -0.4 is 25.1 Å². The van der Waals surface area contributed by atoms with Crippen molar-refractivity contribution in [3.05, 3.63) is 52.5 Å². The first kappa shape index (κ1) is 22.2. The molecule has 0 amide bonds. The number of ether oxygens (including phenoxy) is 3. The molecular weight excluding hydrogens is 457 g/mol. The number of halogens is 1. The standard InChI is InChI=1S/C24H26FN5O5/c25-16-9-28-18-1-2-22(32)30-15(13-35-24(16)23(18)30)11-29-4-3-17(19(31)12-29)27-8-14-7-20-21(10-26-14)34-6-5-33-20/h1-2,7,9-10,15,17,19,27,31H,3-6,8,11-13H2/t15-,17+,19-/m1/s1. The quantitative estimate of drug-likeness (QED) is 0.546. The number of hydrogen-bond acceptors (Lipinski definition) is 9. The van der Waals surface area contributed by atoms with Crippen LogP contribution in [0.3, 0.4) is 0 Å². The van der Waals surface area contributed by atoms with E-state index in [0.29, 0.717) is 55.4 Å². The third kappa shape index (κ3) is 4.19. The highest BCUT2D eigenvalue weighted by Crippen LogP contribution is 2.33. The molecule has 3 aromatic heterocycles. The summed E-state index contributed by atoms with van der Waals surface area (Å²) in [7, 11) is 0. The Hall–Kier alpha value is -3.28. The molecule has 0 radical (unpaired) electrons. The largest absolute Gasteiger partial charge is 0.486 e. The third-order valence-corrected chi connectivity index (χ3v) is 6.81. The Labute approximate surface area is 200 Å². The van der Waals surface area contributed by atoms with Crippen LogP contribution in [0.4, 0.5) is 4.39 Å². The maximum absolute atomic E-state index is 14.3. The van der Waals surface area contributed by atoms with E-state index in [4.69, 9.17) is 14.2 Å². The van der Waals surface area contributed by atoms with Gasteiger partial charge in [-0.15, -0.1) is 0 Å². The van der Waals surface area contributed by atoms with E-state index in [1.54, 1.807) is 16.8 Å². The van der Waals surface area contributed by atoms with E-state index >= 15 is 0 Å². The number of piperidine rings is 1. The number of pyridine rings is 3. The molecular formula is C24H26FN5O5. The number of aliphatic hydroxyl groups excluding tert-OH is 1. The molecule has 0 saturated carbocycles. The second kappa shape index (κ2) is 9.06. The van der Waals surface area contributed by atoms with Crippen LogP contribution in [0, 0.1) is 5.82 Å². The lowest BCUT2D eigenvalue weighted by Gasteiger charge is -2.39. The molecule has 0 unspecified atom stereocenters. The van der Waals surface area contributed by atoms with Gasteiger partial charge in [-0.1, -0.05) is 0 Å². The van der Waals surface area contributed by atoms with Gasteiger partial charge in [0.25, 0.3) is 5.56 Å². The molecule has 10 nitrogen and oxygen atoms in total. The Morgan fingerprint density at radius 2 is 2.00 bits per heavy atom. The van der Waals surface area contributed by atoms with Crippen molar-refractivity contribution in [2.24, 2.45) is 0 Å². The van der Waals surface area contributed by atoms with Crippen LogP contribution in [0.25, 0.3) is 11.0 Å². The highest BCUT2D eigenvalue weighted by atomic mass is 19.1. The van der Waals surface area contributed by atoms with E-state index in [-0.39, 0.29) is 30.0 Å². The van der Waals surface area contributed by atoms with Gasteiger partial charge in [-0.25, -0.2) is 4.39 Å². The van der Waals surface area contributed by atoms with Crippen molar-refractivity contribution in [3.8, 4) is 17.2 Å². The van der Waals surface area contributed by atoms with E-state index in [1.807, 2.05) is 6.07 Å². The molecule has 0 aromatic carbocycles. The second-order valence-electron chi connectivity index (χ2n) is 9.10. The Morgan fingerprint density at radius 1 is 1.14 bits per heavy atom. The summed E-state index contributed by atoms with van der Waals surface area (Å²) < 4.78 is 32.7. The van der Waals surface area contributed by atoms with Crippen molar-refractivity contribution in [1.82, 2.24) is 24.8 Å². The summed E-state index contributed by atoms with van der Waals surface area (Å²) in [5.74, 6) is 0.829. The third-order valence-electron chi connectivity index (χ3n) is 6.81. The van der Waals surface area contributed by atoms with Gasteiger partial charge in [0.05, 0.1) is 35.8 Å². The van der Waals surface area contributed by atoms with Crippen LogP contribution in [0.1, 0.15) is 18.2 Å². The van der Waals surface area contributed by atoms with Crippen molar-refractivity contribution >= 4 is 11.0 Å². The van der Waals surface area contributed by atoms with Crippen LogP contribution in [-0.4, -0.2) is 76.1 Å². The smallest absolute Gasteiger partial charge is 0.251 e. The molecule has 0 bridgehead atoms. The minimum absolute atomic E-state index is 0.0691. The molecule has 3 aliphatic heterocycles. The van der Waals surface area contributed by atoms with Crippen LogP contribution in [0.15, 0.2) is 35.4 Å². The lowest BCUT2D eigenvalue weighted by atomic mass is 10.0. The first-order valence-electron chi connectivity index (χ1n) is 11.8. The predicted octanol–water partition coefficient (Wildman–Crippen LogP) is 0.860. The molecule has 3 atom stereocenters. The van der Waals surface area contributed by atoms with Crippen molar-refractivity contribution in [3.63, 3.8) is 0 Å². The first-order chi connectivity index (χ1) is 17.1. The SMILES string of the molecule is O=c1ccc2ncc(F)c3c2n1[C@H](CN1CC[C@H](NCc2cc4c(cn2)OCCO4)[C@H](O)C1)CO3. The number of nitrogens with zero attached hydrogens (tertiary/aromatic N) is 4. The zero-order valence-corrected chi connectivity index (χ0v) is 19.0. The summed E-state index contributed by atoms with van der Waals surface area (Å²) in [6.45, 7) is 3.40. The fourth-order valence-electron chi connectivity index (χ4n) is 5.08. The van der Waals surface area contributed by atoms with Gasteiger partial charge in [0.15, 0.2) is 23.1 Å². The molecule has 184 valence electrons. The molecule has 3 aliphatic rings. The second-order valence-corrected chi connectivity index (χ2v) is 9.10. The van der Waals surface area contributed by atoms with Crippen molar-refractivity contribution < 1.29 is 23.7 Å². The topological polar surface area (TPSA) is 111 Å². The van der Waals surface area contributed by atoms with Gasteiger partial charge in [-0.2, -0.15) is 0 Å². The Balaban J connectivity index is 1.10. The fourth-order valence-corrected chi connectivity index (χ4v) is 5.08. The first-order valence-corrected chi connectivity index (χ1v) is 11.8. The summed E-state index contributed by atoms with van der Waals surface area (Å²) in [6.07, 6.45) is 2.91. The van der Waals surface area contributed by atoms with Crippen LogP contribution in [0.5, 0.6) is 17.2 Å². The van der Waals surface area contributed by atoms with E-state index in [1.165, 1.54) is 6.07 Å². The van der Waals surface area contributed by atoms with Gasteiger partial charge in [0.1, 0.15) is 25.3 Å². The van der Waals surface area contributed by atoms with Crippen LogP contribution >= 0.6 is 0 Å². The molecule has 2 N–H and O–H groups in total. The maximum Gasteiger partial charge on any atom is 0.251 e. The molecule has 35 heavy (non-hydrogen) atoms. The Bertz CT molecular complexity index is 1320. The number of nitrogens with one attached hydrogen (secondary N) is 1. The summed E-state index contributed by atoms with van der Waals surface area (Å²) in [5, 5.41) is 14.2. The summed E-state index contributed by atoms with van der Waals surface area (Å²) in [4.78, 5) is 23.3. The van der Waals surface area contributed by atoms with Crippen LogP contribution in [0.2, 0.25) is 0 Å². The zero-order valence-electron chi connectivity index (χ0n) is 19.0. The molecule has 0 aliphatic carbocycles. The molecule has 1 fully saturated rings. The minimum atomic E-state index is -0.593. The van der Waals surface area contributed by atoms with Gasteiger partial charge in [0, 0.05) is 37.8 Å². The summed E-state index contributed by atoms with van der Waals surface area (Å²) in [5.41, 5.74) is 1.50. The molecule has 11 heteroatoms. The van der Waals surface area contributed by atoms with Gasteiger partial charge < -0.3 is 24.6 Å². The molecule has 6 heterocycles. The number of aliphatic hydroxyl groups is 1. The van der Waals surface area contributed by atoms with E-state index < -0.39 is 11.9 Å². The molecule has 6 rings (SSSR count). The van der Waals surface area contributed by atoms with Crippen molar-refractivity contribution in [2.45, 2.75) is 31.2 Å². The Kier molecular flexibility index (Phi) is 5.75. The van der Waals surface area contributed by atoms with Crippen molar-refractivity contribution in [1.29, 1.82) is 0 Å². The normalized spacial score (nSPS) is 23.8. The highest BCUT2D eigenvalue weighted by Gasteiger charge is 2.32. The summed E-state index contributed by atoms with van der Waals surface area (Å²) in [6, 6.07) is 4.50. The number of rotatable bonds is 5. The predicted molar refractivity (Wildman–Crippen MR) is 123 cm³/mol. The van der Waals surface area contributed by atoms with E-state index in [0.717, 1.165) is 24.9 Å². The fraction of sp³-hybridized carbons (Fsp3) is 0.458. The average Bonchev–Trinajstić information content (AvgIpc) is 2.87. The minimum Gasteiger partial charge on any atom is -0.486 e. The van der Waals surface area contributed by atoms with Gasteiger partial charge in [0.2, 0.25) is 0 Å². The van der Waals surface area contributed by atoms with Gasteiger partial charge in [-0.05, 0) is 19.0 Å². The number of hydrogen-bond donors (Lipinski definition) is 2. The number of likely N-dealkylation sites (tertiary alicyclic amines) is 1. The average molecular weight is 484 g/mol. The Morgan fingerprint density at radius 3 is 2.86 bits per heavy atom. The molecule has 0 spiro atoms. The van der Waals surface area contributed by atoms with E-state index in [9.17, 15) is 14.3 Å². The lowest BCUT2D eigenvalue weighted by molar-refractivity contribution is 0.0294. The summed E-state index contributed by atoms with van der Waals surface area (Å²) >= 11 is 0. The lowest BCUT2D eigenvalue weighted by Crippen LogP contribution is -2.54. The monoisotopic (exact) mass is 483 g/mol. The molecule has 1 saturated heterocycles. The van der Waals surface area contributed by atoms with E-state index in [2.05, 4.69) is 20.2 Å². The number of β-amino-alcohol motifs (C(OH)–C–C–N with tert-alkyl or cyclic N) is 1. The number of aromatic nitrogens is 3. The highest BCUT2D eigenvalue weighted by molar-refractivity contribution is 5.82. The van der Waals surface area contributed by atoms with Gasteiger partial charge >= 0.3 is 0 Å². The zero-order chi connectivity index (χ0) is 23.9. The maximum atomic E-state index is 14.3. The molecule has 3 aromatic rings. The number of fused-ring (bicyclic) bond motifs is 1. The van der Waals surface area contributed by atoms with Crippen LogP contribution in [-0.2, 0) is 6.54 Å². The van der Waals surface area contributed by atoms with Gasteiger partial charge in [-0.3, -0.25) is 24.2 Å². The van der Waals surface area contributed by atoms with Crippen molar-refractivity contribution in [2.75, 3.05) is 39.5 Å².